The van der Waals surface area contributed by atoms with Gasteiger partial charge < -0.3 is 10.0 Å². The predicted molar refractivity (Wildman–Crippen MR) is 70.2 cm³/mol. The molecule has 0 aliphatic carbocycles. The molecule has 0 saturated carbocycles. The van der Waals surface area contributed by atoms with Gasteiger partial charge in [-0.25, -0.2) is 0 Å². The second-order valence-corrected chi connectivity index (χ2v) is 5.35. The van der Waals surface area contributed by atoms with Gasteiger partial charge in [-0.2, -0.15) is 0 Å². The van der Waals surface area contributed by atoms with Crippen LogP contribution < -0.4 is 4.90 Å². The number of nitro benzene ring substituents is 1. The first-order valence-electron chi connectivity index (χ1n) is 5.80. The first-order chi connectivity index (χ1) is 8.39. The van der Waals surface area contributed by atoms with E-state index in [-0.39, 0.29) is 5.69 Å². The molecule has 6 heteroatoms. The maximum Gasteiger partial charge on any atom is 0.294 e. The highest BCUT2D eigenvalue weighted by Crippen LogP contribution is 2.34. The van der Waals surface area contributed by atoms with E-state index in [2.05, 4.69) is 0 Å². The summed E-state index contributed by atoms with van der Waals surface area (Å²) >= 11 is 5.78. The summed E-state index contributed by atoms with van der Waals surface area (Å²) in [5.74, 6) is 0. The predicted octanol–water partition coefficient (Wildman–Crippen LogP) is 2.60. The molecule has 1 saturated heterocycles. The molecule has 1 fully saturated rings. The molecule has 0 amide bonds. The second-order valence-electron chi connectivity index (χ2n) is 4.91. The molecular weight excluding hydrogens is 256 g/mol. The normalized spacial score (nSPS) is 24.1. The molecule has 1 atom stereocenters. The van der Waals surface area contributed by atoms with E-state index in [0.717, 1.165) is 6.42 Å². The van der Waals surface area contributed by atoms with Crippen LogP contribution in [0.1, 0.15) is 19.8 Å². The molecule has 18 heavy (non-hydrogen) atoms. The molecule has 0 radical (unpaired) electrons. The zero-order valence-electron chi connectivity index (χ0n) is 10.1. The lowest BCUT2D eigenvalue weighted by Gasteiger charge is -2.37. The second kappa shape index (κ2) is 4.74. The van der Waals surface area contributed by atoms with Gasteiger partial charge in [0.2, 0.25) is 0 Å². The Bertz CT molecular complexity index is 476. The van der Waals surface area contributed by atoms with E-state index in [1.165, 1.54) is 6.07 Å². The Kier molecular flexibility index (Phi) is 3.45. The van der Waals surface area contributed by atoms with Gasteiger partial charge in [-0.1, -0.05) is 11.6 Å². The minimum absolute atomic E-state index is 0.0137. The quantitative estimate of drug-likeness (QED) is 0.663. The number of benzene rings is 1. The van der Waals surface area contributed by atoms with Crippen molar-refractivity contribution in [2.75, 3.05) is 18.0 Å². The fourth-order valence-electron chi connectivity index (χ4n) is 2.34. The van der Waals surface area contributed by atoms with Gasteiger partial charge in [-0.05, 0) is 31.9 Å². The van der Waals surface area contributed by atoms with Crippen molar-refractivity contribution in [2.45, 2.75) is 25.4 Å². The van der Waals surface area contributed by atoms with Gasteiger partial charge in [-0.15, -0.1) is 0 Å². The van der Waals surface area contributed by atoms with Crippen molar-refractivity contribution in [1.82, 2.24) is 0 Å². The standard InChI is InChI=1S/C12H15ClN2O3/c1-12(16)5-2-6-14(8-12)10-4-3-9(13)7-11(10)15(17)18/h3-4,7,16H,2,5-6,8H2,1H3. The van der Waals surface area contributed by atoms with Crippen LogP contribution in [-0.2, 0) is 0 Å². The van der Waals surface area contributed by atoms with Crippen LogP contribution in [0.4, 0.5) is 11.4 Å². The van der Waals surface area contributed by atoms with Crippen LogP contribution in [0.3, 0.4) is 0 Å². The summed E-state index contributed by atoms with van der Waals surface area (Å²) in [6, 6.07) is 4.62. The fraction of sp³-hybridized carbons (Fsp3) is 0.500. The number of nitrogens with zero attached hydrogens (tertiary/aromatic N) is 2. The minimum atomic E-state index is -0.800. The molecule has 1 heterocycles. The van der Waals surface area contributed by atoms with E-state index in [9.17, 15) is 15.2 Å². The molecule has 5 nitrogen and oxygen atoms in total. The summed E-state index contributed by atoms with van der Waals surface area (Å²) in [6.45, 7) is 2.86. The van der Waals surface area contributed by atoms with Crippen molar-refractivity contribution in [3.63, 3.8) is 0 Å². The van der Waals surface area contributed by atoms with Gasteiger partial charge in [0.1, 0.15) is 5.69 Å². The maximum absolute atomic E-state index is 11.0. The molecule has 2 rings (SSSR count). The van der Waals surface area contributed by atoms with E-state index in [4.69, 9.17) is 11.6 Å². The summed E-state index contributed by atoms with van der Waals surface area (Å²) in [6.07, 6.45) is 1.53. The minimum Gasteiger partial charge on any atom is -0.388 e. The van der Waals surface area contributed by atoms with E-state index in [1.54, 1.807) is 19.1 Å². The molecule has 1 aromatic carbocycles. The molecule has 98 valence electrons. The largest absolute Gasteiger partial charge is 0.388 e. The van der Waals surface area contributed by atoms with Crippen LogP contribution in [-0.4, -0.2) is 28.7 Å². The third-order valence-electron chi connectivity index (χ3n) is 3.15. The first-order valence-corrected chi connectivity index (χ1v) is 6.18. The summed E-state index contributed by atoms with van der Waals surface area (Å²) < 4.78 is 0. The van der Waals surface area contributed by atoms with Gasteiger partial charge in [0, 0.05) is 24.2 Å². The Hall–Kier alpha value is -1.33. The van der Waals surface area contributed by atoms with Gasteiger partial charge in [-0.3, -0.25) is 10.1 Å². The van der Waals surface area contributed by atoms with Gasteiger partial charge in [0.05, 0.1) is 10.5 Å². The third-order valence-corrected chi connectivity index (χ3v) is 3.38. The van der Waals surface area contributed by atoms with Crippen molar-refractivity contribution in [1.29, 1.82) is 0 Å². The average Bonchev–Trinajstić information content (AvgIpc) is 2.27. The number of aliphatic hydroxyl groups is 1. The Morgan fingerprint density at radius 3 is 2.89 bits per heavy atom. The van der Waals surface area contributed by atoms with Crippen LogP contribution >= 0.6 is 11.6 Å². The monoisotopic (exact) mass is 270 g/mol. The SMILES string of the molecule is CC1(O)CCCN(c2ccc(Cl)cc2[N+](=O)[O-])C1. The number of hydrogen-bond acceptors (Lipinski definition) is 4. The lowest BCUT2D eigenvalue weighted by atomic mass is 9.94. The molecule has 0 aromatic heterocycles. The van der Waals surface area contributed by atoms with E-state index in [0.29, 0.717) is 30.2 Å². The smallest absolute Gasteiger partial charge is 0.294 e. The van der Waals surface area contributed by atoms with Crippen molar-refractivity contribution in [3.05, 3.63) is 33.3 Å². The molecule has 0 spiro atoms. The Labute approximate surface area is 110 Å². The summed E-state index contributed by atoms with van der Waals surface area (Å²) in [4.78, 5) is 12.4. The number of hydrogen-bond donors (Lipinski definition) is 1. The van der Waals surface area contributed by atoms with E-state index < -0.39 is 10.5 Å². The Balaban J connectivity index is 2.35. The zero-order valence-corrected chi connectivity index (χ0v) is 10.9. The number of nitro groups is 1. The number of halogens is 1. The number of anilines is 1. The number of β-amino-alcohol motifs (C(OH)–C–C–N with tert-alkyl or cyclic N) is 1. The van der Waals surface area contributed by atoms with Gasteiger partial charge >= 0.3 is 0 Å². The number of rotatable bonds is 2. The Morgan fingerprint density at radius 2 is 2.28 bits per heavy atom. The molecule has 1 aromatic rings. The van der Waals surface area contributed by atoms with Crippen molar-refractivity contribution < 1.29 is 10.0 Å². The van der Waals surface area contributed by atoms with Crippen molar-refractivity contribution in [2.24, 2.45) is 0 Å². The summed E-state index contributed by atoms with van der Waals surface area (Å²) in [7, 11) is 0. The molecular formula is C12H15ClN2O3. The van der Waals surface area contributed by atoms with Crippen molar-refractivity contribution in [3.8, 4) is 0 Å². The summed E-state index contributed by atoms with van der Waals surface area (Å²) in [5.41, 5.74) is -0.296. The Morgan fingerprint density at radius 1 is 1.56 bits per heavy atom. The highest BCUT2D eigenvalue weighted by Gasteiger charge is 2.31. The fourth-order valence-corrected chi connectivity index (χ4v) is 2.50. The molecule has 1 aliphatic rings. The van der Waals surface area contributed by atoms with Crippen LogP contribution in [0.25, 0.3) is 0 Å². The first kappa shape index (κ1) is 13.1. The van der Waals surface area contributed by atoms with E-state index >= 15 is 0 Å². The van der Waals surface area contributed by atoms with Crippen LogP contribution in [0.15, 0.2) is 18.2 Å². The lowest BCUT2D eigenvalue weighted by molar-refractivity contribution is -0.384. The van der Waals surface area contributed by atoms with E-state index in [1.807, 2.05) is 4.90 Å². The maximum atomic E-state index is 11.0. The molecule has 1 N–H and O–H groups in total. The summed E-state index contributed by atoms with van der Waals surface area (Å²) in [5, 5.41) is 21.4. The van der Waals surface area contributed by atoms with Gasteiger partial charge in [0.15, 0.2) is 0 Å². The molecule has 1 aliphatic heterocycles. The average molecular weight is 271 g/mol. The highest BCUT2D eigenvalue weighted by atomic mass is 35.5. The van der Waals surface area contributed by atoms with Gasteiger partial charge in [0.25, 0.3) is 5.69 Å². The molecule has 0 bridgehead atoms. The lowest BCUT2D eigenvalue weighted by Crippen LogP contribution is -2.46. The zero-order chi connectivity index (χ0) is 13.3. The third kappa shape index (κ3) is 2.73. The van der Waals surface area contributed by atoms with Crippen LogP contribution in [0.5, 0.6) is 0 Å². The van der Waals surface area contributed by atoms with Crippen molar-refractivity contribution >= 4 is 23.0 Å². The van der Waals surface area contributed by atoms with Crippen LogP contribution in [0.2, 0.25) is 5.02 Å². The topological polar surface area (TPSA) is 66.6 Å². The highest BCUT2D eigenvalue weighted by molar-refractivity contribution is 6.30. The number of piperidine rings is 1. The van der Waals surface area contributed by atoms with Crippen LogP contribution in [0, 0.1) is 10.1 Å². The molecule has 1 unspecified atom stereocenters.